The van der Waals surface area contributed by atoms with Gasteiger partial charge in [0.1, 0.15) is 6.61 Å². The number of rotatable bonds is 7. The third-order valence-electron chi connectivity index (χ3n) is 4.53. The summed E-state index contributed by atoms with van der Waals surface area (Å²) in [5, 5.41) is 3.29. The zero-order chi connectivity index (χ0) is 20.6. The molecule has 6 nitrogen and oxygen atoms in total. The fourth-order valence-corrected chi connectivity index (χ4v) is 3.26. The number of hydrogen-bond donors (Lipinski definition) is 2. The molecule has 1 amide bonds. The van der Waals surface area contributed by atoms with Crippen molar-refractivity contribution in [3.8, 4) is 0 Å². The molecule has 3 N–H and O–H groups in total. The molecule has 1 saturated heterocycles. The zero-order valence-electron chi connectivity index (χ0n) is 16.0. The van der Waals surface area contributed by atoms with E-state index in [1.807, 2.05) is 12.1 Å². The second-order valence-corrected chi connectivity index (χ2v) is 6.95. The maximum absolute atomic E-state index is 12.1. The number of guanidine groups is 1. The number of nitrogens with one attached hydrogen (secondary N) is 1. The molecule has 9 heteroatoms. The van der Waals surface area contributed by atoms with E-state index in [9.17, 15) is 18.0 Å². The molecule has 0 spiro atoms. The van der Waals surface area contributed by atoms with Gasteiger partial charge in [-0.15, -0.1) is 0 Å². The number of nitrogens with zero attached hydrogens (tertiary/aromatic N) is 2. The van der Waals surface area contributed by atoms with Gasteiger partial charge in [-0.1, -0.05) is 24.3 Å². The van der Waals surface area contributed by atoms with E-state index in [1.165, 1.54) is 0 Å². The van der Waals surface area contributed by atoms with Gasteiger partial charge in [-0.05, 0) is 29.9 Å². The van der Waals surface area contributed by atoms with Crippen LogP contribution in [-0.4, -0.2) is 49.7 Å². The van der Waals surface area contributed by atoms with Crippen molar-refractivity contribution in [1.29, 1.82) is 0 Å². The van der Waals surface area contributed by atoms with E-state index in [4.69, 9.17) is 5.73 Å². The molecule has 2 rings (SSSR count). The molecule has 1 heterocycles. The molecule has 1 aliphatic heterocycles. The van der Waals surface area contributed by atoms with Crippen LogP contribution in [0.1, 0.15) is 30.4 Å². The topological polar surface area (TPSA) is 80.0 Å². The van der Waals surface area contributed by atoms with Crippen LogP contribution in [0.2, 0.25) is 0 Å². The first-order chi connectivity index (χ1) is 13.3. The van der Waals surface area contributed by atoms with Crippen LogP contribution in [-0.2, 0) is 22.7 Å². The Morgan fingerprint density at radius 2 is 2.00 bits per heavy atom. The lowest BCUT2D eigenvalue weighted by Gasteiger charge is -2.34. The highest BCUT2D eigenvalue weighted by Crippen LogP contribution is 2.19. The van der Waals surface area contributed by atoms with Crippen molar-refractivity contribution in [2.24, 2.45) is 16.6 Å². The molecule has 0 bridgehead atoms. The minimum atomic E-state index is -4.31. The molecule has 28 heavy (non-hydrogen) atoms. The van der Waals surface area contributed by atoms with Crippen LogP contribution in [0.25, 0.3) is 0 Å². The Morgan fingerprint density at radius 3 is 2.61 bits per heavy atom. The van der Waals surface area contributed by atoms with Crippen LogP contribution < -0.4 is 11.1 Å². The van der Waals surface area contributed by atoms with Crippen molar-refractivity contribution in [3.63, 3.8) is 0 Å². The predicted molar refractivity (Wildman–Crippen MR) is 100 cm³/mol. The molecule has 1 fully saturated rings. The Hall–Kier alpha value is -2.29. The lowest BCUT2D eigenvalue weighted by molar-refractivity contribution is -0.176. The first-order valence-corrected chi connectivity index (χ1v) is 9.23. The number of benzene rings is 1. The molecule has 0 aliphatic carbocycles. The molecule has 1 aliphatic rings. The first-order valence-electron chi connectivity index (χ1n) is 9.23. The van der Waals surface area contributed by atoms with E-state index in [-0.39, 0.29) is 18.4 Å². The number of primary amides is 1. The lowest BCUT2D eigenvalue weighted by atomic mass is 9.95. The van der Waals surface area contributed by atoms with Gasteiger partial charge < -0.3 is 20.7 Å². The van der Waals surface area contributed by atoms with Crippen LogP contribution >= 0.6 is 0 Å². The summed E-state index contributed by atoms with van der Waals surface area (Å²) in [6, 6.07) is 7.19. The quantitative estimate of drug-likeness (QED) is 0.544. The van der Waals surface area contributed by atoms with Crippen molar-refractivity contribution in [2.75, 3.05) is 26.7 Å². The van der Waals surface area contributed by atoms with E-state index in [0.717, 1.165) is 37.5 Å². The highest BCUT2D eigenvalue weighted by molar-refractivity contribution is 5.80. The summed E-state index contributed by atoms with van der Waals surface area (Å²) >= 11 is 0. The average Bonchev–Trinajstić information content (AvgIpc) is 2.62. The summed E-state index contributed by atoms with van der Waals surface area (Å²) in [5.74, 6) is 0.710. The minimum absolute atomic E-state index is 0.0794. The van der Waals surface area contributed by atoms with E-state index in [1.54, 1.807) is 19.2 Å². The zero-order valence-corrected chi connectivity index (χ0v) is 16.0. The van der Waals surface area contributed by atoms with Crippen LogP contribution in [0, 0.1) is 5.92 Å². The minimum Gasteiger partial charge on any atom is -0.370 e. The lowest BCUT2D eigenvalue weighted by Crippen LogP contribution is -2.46. The first kappa shape index (κ1) is 22.0. The summed E-state index contributed by atoms with van der Waals surface area (Å²) in [5.41, 5.74) is 6.97. The Bertz CT molecular complexity index is 662. The van der Waals surface area contributed by atoms with E-state index >= 15 is 0 Å². The number of piperidine rings is 1. The summed E-state index contributed by atoms with van der Waals surface area (Å²) in [7, 11) is 1.71. The van der Waals surface area contributed by atoms with Crippen molar-refractivity contribution >= 4 is 11.9 Å². The number of alkyl halides is 3. The molecule has 1 aromatic carbocycles. The maximum atomic E-state index is 12.1. The standard InChI is InChI=1S/C19H27F3N4O2/c1-24-18(26-8-2-3-16(11-26)9-17(23)27)25-10-14-4-6-15(7-5-14)12-28-13-19(20,21)22/h4-7,16H,2-3,8-13H2,1H3,(H2,23,27)(H,24,25). The van der Waals surface area contributed by atoms with Gasteiger partial charge >= 0.3 is 6.18 Å². The molecule has 1 aromatic rings. The smallest absolute Gasteiger partial charge is 0.370 e. The number of carbonyl (C=O) groups excluding carboxylic acids is 1. The number of aliphatic imine (C=N–C) groups is 1. The molecule has 1 atom stereocenters. The third kappa shape index (κ3) is 7.75. The van der Waals surface area contributed by atoms with Gasteiger partial charge in [-0.2, -0.15) is 13.2 Å². The average molecular weight is 400 g/mol. The van der Waals surface area contributed by atoms with E-state index in [0.29, 0.717) is 18.5 Å². The molecule has 1 unspecified atom stereocenters. The maximum Gasteiger partial charge on any atom is 0.411 e. The molecule has 0 aromatic heterocycles. The fraction of sp³-hybridized carbons (Fsp3) is 0.579. The number of amides is 1. The largest absolute Gasteiger partial charge is 0.411 e. The second kappa shape index (κ2) is 10.3. The van der Waals surface area contributed by atoms with Gasteiger partial charge in [0.05, 0.1) is 6.61 Å². The number of halogens is 3. The van der Waals surface area contributed by atoms with E-state index in [2.05, 4.69) is 19.9 Å². The van der Waals surface area contributed by atoms with Gasteiger partial charge in [0.25, 0.3) is 0 Å². The Labute approximate surface area is 162 Å². The molecular formula is C19H27F3N4O2. The Morgan fingerprint density at radius 1 is 1.32 bits per heavy atom. The molecule has 0 radical (unpaired) electrons. The molecule has 0 saturated carbocycles. The van der Waals surface area contributed by atoms with Crippen molar-refractivity contribution in [2.45, 2.75) is 38.6 Å². The van der Waals surface area contributed by atoms with Crippen LogP contribution in [0.4, 0.5) is 13.2 Å². The van der Waals surface area contributed by atoms with Crippen LogP contribution in [0.3, 0.4) is 0 Å². The summed E-state index contributed by atoms with van der Waals surface area (Å²) < 4.78 is 41.0. The SMILES string of the molecule is CN=C(NCc1ccc(COCC(F)(F)F)cc1)N1CCCC(CC(N)=O)C1. The monoisotopic (exact) mass is 400 g/mol. The number of likely N-dealkylation sites (tertiary alicyclic amines) is 1. The van der Waals surface area contributed by atoms with Gasteiger partial charge in [-0.3, -0.25) is 9.79 Å². The number of hydrogen-bond acceptors (Lipinski definition) is 3. The van der Waals surface area contributed by atoms with Crippen molar-refractivity contribution in [1.82, 2.24) is 10.2 Å². The normalized spacial score (nSPS) is 18.2. The number of ether oxygens (including phenoxy) is 1. The number of carbonyl (C=O) groups is 1. The van der Waals surface area contributed by atoms with Crippen LogP contribution in [0.5, 0.6) is 0 Å². The van der Waals surface area contributed by atoms with Crippen molar-refractivity contribution < 1.29 is 22.7 Å². The summed E-state index contributed by atoms with van der Waals surface area (Å²) in [6.07, 6.45) is -1.98. The summed E-state index contributed by atoms with van der Waals surface area (Å²) in [6.45, 7) is 0.805. The second-order valence-electron chi connectivity index (χ2n) is 6.95. The van der Waals surface area contributed by atoms with E-state index < -0.39 is 12.8 Å². The van der Waals surface area contributed by atoms with Gasteiger partial charge in [0.15, 0.2) is 5.96 Å². The van der Waals surface area contributed by atoms with Gasteiger partial charge in [0, 0.05) is 33.1 Å². The highest BCUT2D eigenvalue weighted by atomic mass is 19.4. The number of nitrogens with two attached hydrogens (primary N) is 1. The van der Waals surface area contributed by atoms with Gasteiger partial charge in [-0.25, -0.2) is 0 Å². The fourth-order valence-electron chi connectivity index (χ4n) is 3.26. The van der Waals surface area contributed by atoms with Crippen LogP contribution in [0.15, 0.2) is 29.3 Å². The Balaban J connectivity index is 1.82. The Kier molecular flexibility index (Phi) is 8.10. The predicted octanol–water partition coefficient (Wildman–Crippen LogP) is 2.43. The summed E-state index contributed by atoms with van der Waals surface area (Å²) in [4.78, 5) is 17.6. The van der Waals surface area contributed by atoms with Gasteiger partial charge in [0.2, 0.25) is 5.91 Å². The highest BCUT2D eigenvalue weighted by Gasteiger charge is 2.27. The van der Waals surface area contributed by atoms with Crippen molar-refractivity contribution in [3.05, 3.63) is 35.4 Å². The molecule has 156 valence electrons. The molecular weight excluding hydrogens is 373 g/mol. The third-order valence-corrected chi connectivity index (χ3v) is 4.53.